The Labute approximate surface area is 200 Å². The standard InChI is InChI=1S/C24H20Cl2N4O3/c25-18-8-7-16-19(29-11-9-27-14-29)12-21(28-23(16)22(18)26)30-10-3-4-15(30)13-33-20-6-2-1-5-17(20)24(31)32/h1-2,5-9,11-12,14-15H,3-4,10,13H2,(H,31,32)/t15-/m0/s1. The number of aromatic carboxylic acids is 1. The summed E-state index contributed by atoms with van der Waals surface area (Å²) < 4.78 is 7.87. The van der Waals surface area contributed by atoms with Crippen molar-refractivity contribution >= 4 is 45.9 Å². The summed E-state index contributed by atoms with van der Waals surface area (Å²) in [5.41, 5.74) is 1.66. The number of imidazole rings is 1. The Morgan fingerprint density at radius 2 is 2.06 bits per heavy atom. The Bertz CT molecular complexity index is 1330. The SMILES string of the molecule is O=C(O)c1ccccc1OC[C@@H]1CCCN1c1cc(-n2ccnc2)c2ccc(Cl)c(Cl)c2n1. The number of carbonyl (C=O) groups is 1. The number of pyridine rings is 1. The number of ether oxygens (including phenoxy) is 1. The normalized spacial score (nSPS) is 15.8. The Hall–Kier alpha value is -3.29. The molecule has 1 aliphatic heterocycles. The maximum atomic E-state index is 11.5. The van der Waals surface area contributed by atoms with E-state index in [0.29, 0.717) is 27.9 Å². The number of para-hydroxylation sites is 1. The molecule has 9 heteroatoms. The summed E-state index contributed by atoms with van der Waals surface area (Å²) >= 11 is 12.8. The molecule has 0 saturated carbocycles. The molecule has 7 nitrogen and oxygen atoms in total. The maximum absolute atomic E-state index is 11.5. The highest BCUT2D eigenvalue weighted by atomic mass is 35.5. The monoisotopic (exact) mass is 482 g/mol. The molecule has 4 aromatic rings. The van der Waals surface area contributed by atoms with E-state index < -0.39 is 5.97 Å². The quantitative estimate of drug-likeness (QED) is 0.392. The molecule has 2 aromatic heterocycles. The number of rotatable bonds is 6. The van der Waals surface area contributed by atoms with Crippen LogP contribution in [0.4, 0.5) is 5.82 Å². The van der Waals surface area contributed by atoms with Gasteiger partial charge < -0.3 is 19.3 Å². The number of carboxylic acid groups (broad SMARTS) is 1. The zero-order valence-electron chi connectivity index (χ0n) is 17.5. The molecule has 168 valence electrons. The zero-order chi connectivity index (χ0) is 22.9. The smallest absolute Gasteiger partial charge is 0.339 e. The molecule has 0 unspecified atom stereocenters. The highest BCUT2D eigenvalue weighted by molar-refractivity contribution is 6.45. The number of aromatic nitrogens is 3. The van der Waals surface area contributed by atoms with E-state index in [1.54, 1.807) is 36.8 Å². The highest BCUT2D eigenvalue weighted by Crippen LogP contribution is 2.36. The van der Waals surface area contributed by atoms with E-state index in [9.17, 15) is 9.90 Å². The molecule has 0 bridgehead atoms. The van der Waals surface area contributed by atoms with Gasteiger partial charge >= 0.3 is 5.97 Å². The van der Waals surface area contributed by atoms with E-state index in [1.165, 1.54) is 6.07 Å². The van der Waals surface area contributed by atoms with Crippen molar-refractivity contribution < 1.29 is 14.6 Å². The molecule has 0 spiro atoms. The fraction of sp³-hybridized carbons (Fsp3) is 0.208. The number of hydrogen-bond acceptors (Lipinski definition) is 5. The molecule has 5 rings (SSSR count). The summed E-state index contributed by atoms with van der Waals surface area (Å²) in [5.74, 6) is 0.104. The van der Waals surface area contributed by atoms with Crippen molar-refractivity contribution in [1.82, 2.24) is 14.5 Å². The molecule has 33 heavy (non-hydrogen) atoms. The highest BCUT2D eigenvalue weighted by Gasteiger charge is 2.28. The molecule has 2 aromatic carbocycles. The molecule has 0 aliphatic carbocycles. The fourth-order valence-electron chi connectivity index (χ4n) is 4.23. The van der Waals surface area contributed by atoms with Crippen molar-refractivity contribution in [3.63, 3.8) is 0 Å². The minimum absolute atomic E-state index is 0.0328. The lowest BCUT2D eigenvalue weighted by Gasteiger charge is -2.27. The van der Waals surface area contributed by atoms with E-state index in [2.05, 4.69) is 9.88 Å². The van der Waals surface area contributed by atoms with Gasteiger partial charge in [0.15, 0.2) is 0 Å². The number of benzene rings is 2. The van der Waals surface area contributed by atoms with Crippen LogP contribution in [0.15, 0.2) is 61.2 Å². The molecule has 3 heterocycles. The van der Waals surface area contributed by atoms with Gasteiger partial charge in [-0.15, -0.1) is 0 Å². The maximum Gasteiger partial charge on any atom is 0.339 e. The molecule has 0 amide bonds. The van der Waals surface area contributed by atoms with Gasteiger partial charge in [0.05, 0.1) is 33.6 Å². The van der Waals surface area contributed by atoms with Crippen LogP contribution in [-0.4, -0.2) is 44.8 Å². The van der Waals surface area contributed by atoms with E-state index in [4.69, 9.17) is 32.9 Å². The first kappa shape index (κ1) is 21.6. The molecule has 1 N–H and O–H groups in total. The Morgan fingerprint density at radius 3 is 2.85 bits per heavy atom. The van der Waals surface area contributed by atoms with Crippen LogP contribution in [0.3, 0.4) is 0 Å². The van der Waals surface area contributed by atoms with Gasteiger partial charge in [0.1, 0.15) is 23.7 Å². The van der Waals surface area contributed by atoms with Gasteiger partial charge in [-0.05, 0) is 37.1 Å². The van der Waals surface area contributed by atoms with Crippen LogP contribution in [0.2, 0.25) is 10.0 Å². The number of hydrogen-bond donors (Lipinski definition) is 1. The molecular weight excluding hydrogens is 463 g/mol. The number of anilines is 1. The average Bonchev–Trinajstić information content (AvgIpc) is 3.52. The lowest BCUT2D eigenvalue weighted by molar-refractivity contribution is 0.0692. The summed E-state index contributed by atoms with van der Waals surface area (Å²) in [6.45, 7) is 1.14. The van der Waals surface area contributed by atoms with E-state index >= 15 is 0 Å². The topological polar surface area (TPSA) is 80.5 Å². The van der Waals surface area contributed by atoms with Gasteiger partial charge in [-0.2, -0.15) is 0 Å². The minimum Gasteiger partial charge on any atom is -0.491 e. The van der Waals surface area contributed by atoms with Crippen LogP contribution >= 0.6 is 23.2 Å². The molecule has 0 radical (unpaired) electrons. The summed E-state index contributed by atoms with van der Waals surface area (Å²) in [6.07, 6.45) is 7.19. The average molecular weight is 483 g/mol. The fourth-order valence-corrected chi connectivity index (χ4v) is 4.59. The van der Waals surface area contributed by atoms with Gasteiger partial charge in [-0.25, -0.2) is 14.8 Å². The van der Waals surface area contributed by atoms with Gasteiger partial charge in [0.25, 0.3) is 0 Å². The number of nitrogens with zero attached hydrogens (tertiary/aromatic N) is 4. The van der Waals surface area contributed by atoms with Crippen molar-refractivity contribution in [2.24, 2.45) is 0 Å². The number of fused-ring (bicyclic) bond motifs is 1. The number of halogens is 2. The van der Waals surface area contributed by atoms with E-state index in [1.807, 2.05) is 22.9 Å². The van der Waals surface area contributed by atoms with Crippen molar-refractivity contribution in [3.8, 4) is 11.4 Å². The summed E-state index contributed by atoms with van der Waals surface area (Å²) in [7, 11) is 0. The Kier molecular flexibility index (Phi) is 5.83. The van der Waals surface area contributed by atoms with E-state index in [0.717, 1.165) is 36.3 Å². The second kappa shape index (κ2) is 8.92. The third-order valence-corrected chi connectivity index (χ3v) is 6.63. The van der Waals surface area contributed by atoms with Crippen LogP contribution < -0.4 is 9.64 Å². The molecule has 1 fully saturated rings. The van der Waals surface area contributed by atoms with Crippen molar-refractivity contribution in [2.45, 2.75) is 18.9 Å². The molecular formula is C24H20Cl2N4O3. The van der Waals surface area contributed by atoms with Crippen LogP contribution in [-0.2, 0) is 0 Å². The van der Waals surface area contributed by atoms with Gasteiger partial charge in [0, 0.05) is 30.4 Å². The Balaban J connectivity index is 1.50. The lowest BCUT2D eigenvalue weighted by atomic mass is 10.1. The minimum atomic E-state index is -1.01. The summed E-state index contributed by atoms with van der Waals surface area (Å²) in [5, 5.41) is 11.1. The zero-order valence-corrected chi connectivity index (χ0v) is 19.0. The second-order valence-corrected chi connectivity index (χ2v) is 8.61. The molecule has 1 saturated heterocycles. The van der Waals surface area contributed by atoms with Gasteiger partial charge in [0.2, 0.25) is 0 Å². The first-order chi connectivity index (χ1) is 16.0. The van der Waals surface area contributed by atoms with Crippen LogP contribution in [0.25, 0.3) is 16.6 Å². The second-order valence-electron chi connectivity index (χ2n) is 7.83. The third-order valence-electron chi connectivity index (χ3n) is 5.84. The molecule has 1 aliphatic rings. The first-order valence-electron chi connectivity index (χ1n) is 10.5. The summed E-state index contributed by atoms with van der Waals surface area (Å²) in [6, 6.07) is 12.4. The lowest BCUT2D eigenvalue weighted by Crippen LogP contribution is -2.35. The third kappa shape index (κ3) is 4.10. The summed E-state index contributed by atoms with van der Waals surface area (Å²) in [4.78, 5) is 22.7. The van der Waals surface area contributed by atoms with Crippen LogP contribution in [0.5, 0.6) is 5.75 Å². The van der Waals surface area contributed by atoms with Crippen molar-refractivity contribution in [2.75, 3.05) is 18.1 Å². The van der Waals surface area contributed by atoms with Gasteiger partial charge in [-0.3, -0.25) is 0 Å². The molecule has 1 atom stereocenters. The largest absolute Gasteiger partial charge is 0.491 e. The van der Waals surface area contributed by atoms with Crippen molar-refractivity contribution in [1.29, 1.82) is 0 Å². The van der Waals surface area contributed by atoms with Crippen LogP contribution in [0.1, 0.15) is 23.2 Å². The Morgan fingerprint density at radius 1 is 1.21 bits per heavy atom. The predicted molar refractivity (Wildman–Crippen MR) is 128 cm³/mol. The predicted octanol–water partition coefficient (Wildman–Crippen LogP) is 5.47. The van der Waals surface area contributed by atoms with Gasteiger partial charge in [-0.1, -0.05) is 35.3 Å². The first-order valence-corrected chi connectivity index (χ1v) is 11.3. The van der Waals surface area contributed by atoms with Crippen LogP contribution in [0, 0.1) is 0 Å². The van der Waals surface area contributed by atoms with Crippen molar-refractivity contribution in [3.05, 3.63) is 76.8 Å². The number of carboxylic acids is 1. The van der Waals surface area contributed by atoms with E-state index in [-0.39, 0.29) is 11.6 Å².